The van der Waals surface area contributed by atoms with Gasteiger partial charge in [0.05, 0.1) is 18.3 Å². The van der Waals surface area contributed by atoms with Crippen LogP contribution in [0.4, 0.5) is 15.0 Å². The number of amides is 3. The number of nitrogens with zero attached hydrogens (tertiary/aromatic N) is 3. The van der Waals surface area contributed by atoms with E-state index in [1.165, 1.54) is 11.0 Å². The molecule has 0 bridgehead atoms. The summed E-state index contributed by atoms with van der Waals surface area (Å²) >= 11 is 5.14. The molecule has 2 atom stereocenters. The first-order valence-electron chi connectivity index (χ1n) is 8.81. The molecule has 2 rings (SSSR count). The molecule has 1 aliphatic heterocycles. The standard InChI is InChI=1S/C17H23FN6O4S/c1-24(2,3)28-17(27)21-13-9-23(10-25)7-6-12(13)20-16(29)15(26)22-14-5-4-11(18)8-19-14/h4-5,8,10,12-13H,6-7,9H2,1-3H3,(H2-,19,20,21,22,26,27,29)/p+1/t12-,13+/m0/s1. The molecule has 1 aliphatic rings. The van der Waals surface area contributed by atoms with Gasteiger partial charge in [0, 0.05) is 13.1 Å². The minimum atomic E-state index is -0.659. The lowest BCUT2D eigenvalue weighted by atomic mass is 9.99. The van der Waals surface area contributed by atoms with Gasteiger partial charge in [-0.1, -0.05) is 12.2 Å². The van der Waals surface area contributed by atoms with Gasteiger partial charge in [-0.2, -0.15) is 0 Å². The molecular weight excluding hydrogens is 403 g/mol. The van der Waals surface area contributed by atoms with Crippen molar-refractivity contribution in [2.24, 2.45) is 0 Å². The highest BCUT2D eigenvalue weighted by Crippen LogP contribution is 2.12. The summed E-state index contributed by atoms with van der Waals surface area (Å²) in [5.41, 5.74) is 0. The summed E-state index contributed by atoms with van der Waals surface area (Å²) in [7, 11) is 5.03. The van der Waals surface area contributed by atoms with Crippen molar-refractivity contribution >= 4 is 41.4 Å². The molecule has 10 nitrogen and oxygen atoms in total. The van der Waals surface area contributed by atoms with Crippen LogP contribution in [-0.4, -0.2) is 84.2 Å². The van der Waals surface area contributed by atoms with Gasteiger partial charge in [0.2, 0.25) is 6.41 Å². The molecule has 0 saturated carbocycles. The van der Waals surface area contributed by atoms with Crippen LogP contribution >= 0.6 is 12.2 Å². The maximum atomic E-state index is 12.9. The van der Waals surface area contributed by atoms with E-state index in [1.54, 1.807) is 21.1 Å². The zero-order valence-corrected chi connectivity index (χ0v) is 17.2. The van der Waals surface area contributed by atoms with Gasteiger partial charge in [0.25, 0.3) is 5.91 Å². The van der Waals surface area contributed by atoms with Crippen LogP contribution in [0, 0.1) is 5.82 Å². The van der Waals surface area contributed by atoms with Gasteiger partial charge in [0.15, 0.2) is 4.99 Å². The SMILES string of the molecule is C[N+](C)(C)OC(=O)N[C@@H]1CN(C=O)CC[C@@H]1NC(=S)C(=O)Nc1ccc(F)cn1. The van der Waals surface area contributed by atoms with Crippen LogP contribution in [0.15, 0.2) is 18.3 Å². The highest BCUT2D eigenvalue weighted by Gasteiger charge is 2.33. The molecule has 12 heteroatoms. The molecule has 0 spiro atoms. The number of hydrogen-bond donors (Lipinski definition) is 3. The number of pyridine rings is 1. The average Bonchev–Trinajstić information content (AvgIpc) is 2.63. The Kier molecular flexibility index (Phi) is 7.40. The summed E-state index contributed by atoms with van der Waals surface area (Å²) in [6.45, 7) is 0.671. The highest BCUT2D eigenvalue weighted by atomic mass is 32.1. The molecule has 0 unspecified atom stereocenters. The van der Waals surface area contributed by atoms with E-state index in [4.69, 9.17) is 17.1 Å². The molecular formula is C17H24FN6O4S+. The topological polar surface area (TPSA) is 113 Å². The largest absolute Gasteiger partial charge is 0.462 e. The minimum Gasteiger partial charge on any atom is -0.367 e. The fraction of sp³-hybridized carbons (Fsp3) is 0.471. The van der Waals surface area contributed by atoms with E-state index in [0.29, 0.717) is 19.4 Å². The zero-order chi connectivity index (χ0) is 21.6. The van der Waals surface area contributed by atoms with Crippen molar-refractivity contribution in [2.75, 3.05) is 39.5 Å². The van der Waals surface area contributed by atoms with Crippen LogP contribution in [0.5, 0.6) is 0 Å². The Hall–Kier alpha value is -2.86. The number of aromatic nitrogens is 1. The van der Waals surface area contributed by atoms with Crippen molar-refractivity contribution in [3.63, 3.8) is 0 Å². The van der Waals surface area contributed by atoms with E-state index >= 15 is 0 Å². The molecule has 0 aliphatic carbocycles. The molecule has 0 radical (unpaired) electrons. The number of quaternary nitrogens is 1. The predicted molar refractivity (Wildman–Crippen MR) is 106 cm³/mol. The van der Waals surface area contributed by atoms with E-state index < -0.39 is 29.9 Å². The highest BCUT2D eigenvalue weighted by molar-refractivity contribution is 7.82. The fourth-order valence-electron chi connectivity index (χ4n) is 2.68. The molecule has 1 aromatic rings. The molecule has 3 amide bonds. The number of hydroxylamine groups is 3. The number of anilines is 1. The first kappa shape index (κ1) is 22.4. The van der Waals surface area contributed by atoms with Crippen LogP contribution < -0.4 is 16.0 Å². The van der Waals surface area contributed by atoms with Crippen LogP contribution in [0.1, 0.15) is 6.42 Å². The molecule has 1 saturated heterocycles. The van der Waals surface area contributed by atoms with Crippen molar-refractivity contribution in [3.05, 3.63) is 24.1 Å². The van der Waals surface area contributed by atoms with E-state index in [9.17, 15) is 18.8 Å². The lowest BCUT2D eigenvalue weighted by molar-refractivity contribution is -1.04. The Bertz CT molecular complexity index is 770. The van der Waals surface area contributed by atoms with Gasteiger partial charge in [-0.15, -0.1) is 4.65 Å². The smallest absolute Gasteiger partial charge is 0.367 e. The predicted octanol–water partition coefficient (Wildman–Crippen LogP) is 0.0229. The van der Waals surface area contributed by atoms with Crippen LogP contribution in [0.2, 0.25) is 0 Å². The van der Waals surface area contributed by atoms with Crippen molar-refractivity contribution in [1.82, 2.24) is 20.5 Å². The molecule has 2 heterocycles. The van der Waals surface area contributed by atoms with E-state index in [-0.39, 0.29) is 22.0 Å². The first-order chi connectivity index (χ1) is 13.6. The summed E-state index contributed by atoms with van der Waals surface area (Å²) in [6.07, 6.45) is 1.46. The molecule has 29 heavy (non-hydrogen) atoms. The maximum absolute atomic E-state index is 12.9. The second-order valence-corrected chi connectivity index (χ2v) is 7.71. The molecule has 0 aromatic carbocycles. The van der Waals surface area contributed by atoms with Crippen LogP contribution in [0.3, 0.4) is 0 Å². The van der Waals surface area contributed by atoms with E-state index in [1.807, 2.05) is 0 Å². The lowest BCUT2D eigenvalue weighted by Gasteiger charge is -2.37. The number of likely N-dealkylation sites (tertiary alicyclic amines) is 1. The Labute approximate surface area is 172 Å². The second-order valence-electron chi connectivity index (χ2n) is 7.30. The average molecular weight is 427 g/mol. The normalized spacial score (nSPS) is 19.1. The van der Waals surface area contributed by atoms with Gasteiger partial charge >= 0.3 is 6.09 Å². The third-order valence-corrected chi connectivity index (χ3v) is 4.25. The molecule has 1 fully saturated rings. The van der Waals surface area contributed by atoms with Crippen molar-refractivity contribution in [1.29, 1.82) is 0 Å². The molecule has 1 aromatic heterocycles. The number of nitrogens with one attached hydrogen (secondary N) is 3. The Morgan fingerprint density at radius 3 is 2.62 bits per heavy atom. The monoisotopic (exact) mass is 427 g/mol. The third kappa shape index (κ3) is 7.23. The number of halogens is 1. The number of thiocarbonyl (C=S) groups is 1. The van der Waals surface area contributed by atoms with Crippen LogP contribution in [-0.2, 0) is 14.4 Å². The second kappa shape index (κ2) is 9.56. The minimum absolute atomic E-state index is 0.0421. The number of carbonyl (C=O) groups is 3. The van der Waals surface area contributed by atoms with Crippen molar-refractivity contribution in [3.8, 4) is 0 Å². The Morgan fingerprint density at radius 2 is 2.03 bits per heavy atom. The number of rotatable bonds is 5. The fourth-order valence-corrected chi connectivity index (χ4v) is 2.88. The summed E-state index contributed by atoms with van der Waals surface area (Å²) in [6, 6.07) is 1.55. The summed E-state index contributed by atoms with van der Waals surface area (Å²) < 4.78 is 12.9. The van der Waals surface area contributed by atoms with Crippen molar-refractivity contribution < 1.29 is 28.3 Å². The number of piperidine rings is 1. The van der Waals surface area contributed by atoms with Gasteiger partial charge in [-0.05, 0) is 18.6 Å². The van der Waals surface area contributed by atoms with E-state index in [0.717, 1.165) is 12.3 Å². The van der Waals surface area contributed by atoms with E-state index in [2.05, 4.69) is 20.9 Å². The van der Waals surface area contributed by atoms with Crippen molar-refractivity contribution in [2.45, 2.75) is 18.5 Å². The summed E-state index contributed by atoms with van der Waals surface area (Å²) in [4.78, 5) is 45.9. The van der Waals surface area contributed by atoms with Gasteiger partial charge < -0.3 is 20.9 Å². The molecule has 3 N–H and O–H groups in total. The van der Waals surface area contributed by atoms with Gasteiger partial charge in [0.1, 0.15) is 32.8 Å². The van der Waals surface area contributed by atoms with Gasteiger partial charge in [-0.3, -0.25) is 14.4 Å². The van der Waals surface area contributed by atoms with Crippen LogP contribution in [0.25, 0.3) is 0 Å². The number of hydrogen-bond acceptors (Lipinski definition) is 6. The summed E-state index contributed by atoms with van der Waals surface area (Å²) in [5, 5.41) is 8.08. The maximum Gasteiger partial charge on any atom is 0.462 e. The van der Waals surface area contributed by atoms with Gasteiger partial charge in [-0.25, -0.2) is 14.2 Å². The molecule has 158 valence electrons. The lowest BCUT2D eigenvalue weighted by Crippen LogP contribution is -2.61. The summed E-state index contributed by atoms with van der Waals surface area (Å²) in [5.74, 6) is -0.998. The first-order valence-corrected chi connectivity index (χ1v) is 9.22. The Morgan fingerprint density at radius 1 is 1.31 bits per heavy atom. The third-order valence-electron chi connectivity index (χ3n) is 3.95. The number of carbonyl (C=O) groups excluding carboxylic acids is 3. The quantitative estimate of drug-likeness (QED) is 0.263. The zero-order valence-electron chi connectivity index (χ0n) is 16.3. The Balaban J connectivity index is 1.99.